The second-order valence-corrected chi connectivity index (χ2v) is 4.44. The Balaban J connectivity index is 1.78. The van der Waals surface area contributed by atoms with Crippen molar-refractivity contribution in [3.8, 4) is 0 Å². The van der Waals surface area contributed by atoms with Crippen molar-refractivity contribution in [3.63, 3.8) is 0 Å². The molecule has 82 valence electrons. The van der Waals surface area contributed by atoms with Gasteiger partial charge in [0, 0.05) is 13.1 Å². The smallest absolute Gasteiger partial charge is 0.123 e. The highest BCUT2D eigenvalue weighted by molar-refractivity contribution is 5.16. The quantitative estimate of drug-likeness (QED) is 0.772. The van der Waals surface area contributed by atoms with Crippen molar-refractivity contribution in [2.75, 3.05) is 13.1 Å². The first-order valence-electron chi connectivity index (χ1n) is 5.39. The monoisotopic (exact) mass is 208 g/mol. The number of halogens is 1. The van der Waals surface area contributed by atoms with Crippen molar-refractivity contribution in [2.45, 2.75) is 19.4 Å². The Kier molecular flexibility index (Phi) is 3.03. The van der Waals surface area contributed by atoms with Gasteiger partial charge >= 0.3 is 0 Å². The van der Waals surface area contributed by atoms with E-state index in [0.717, 1.165) is 25.2 Å². The average molecular weight is 208 g/mol. The SMILES string of the molecule is NCC1(CNCc2cccc(F)c2)CC1. The Morgan fingerprint density at radius 3 is 2.80 bits per heavy atom. The van der Waals surface area contributed by atoms with Gasteiger partial charge in [0.1, 0.15) is 5.82 Å². The van der Waals surface area contributed by atoms with Crippen molar-refractivity contribution in [1.29, 1.82) is 0 Å². The van der Waals surface area contributed by atoms with Crippen molar-refractivity contribution in [1.82, 2.24) is 5.32 Å². The van der Waals surface area contributed by atoms with Crippen LogP contribution in [-0.4, -0.2) is 13.1 Å². The number of nitrogens with one attached hydrogen (secondary N) is 1. The van der Waals surface area contributed by atoms with E-state index in [1.165, 1.54) is 18.9 Å². The molecule has 0 aromatic heterocycles. The largest absolute Gasteiger partial charge is 0.330 e. The van der Waals surface area contributed by atoms with Crippen LogP contribution in [0.5, 0.6) is 0 Å². The Bertz CT molecular complexity index is 334. The maximum Gasteiger partial charge on any atom is 0.123 e. The molecule has 2 nitrogen and oxygen atoms in total. The number of rotatable bonds is 5. The maximum atomic E-state index is 12.9. The van der Waals surface area contributed by atoms with Crippen LogP contribution in [0.3, 0.4) is 0 Å². The topological polar surface area (TPSA) is 38.0 Å². The fraction of sp³-hybridized carbons (Fsp3) is 0.500. The van der Waals surface area contributed by atoms with Crippen LogP contribution >= 0.6 is 0 Å². The molecule has 3 N–H and O–H groups in total. The van der Waals surface area contributed by atoms with Crippen LogP contribution in [0.25, 0.3) is 0 Å². The minimum Gasteiger partial charge on any atom is -0.330 e. The molecule has 0 saturated heterocycles. The normalized spacial score (nSPS) is 17.7. The highest BCUT2D eigenvalue weighted by atomic mass is 19.1. The van der Waals surface area contributed by atoms with Crippen LogP contribution in [0.2, 0.25) is 0 Å². The molecule has 1 fully saturated rings. The van der Waals surface area contributed by atoms with Crippen LogP contribution in [0, 0.1) is 11.2 Å². The molecule has 1 saturated carbocycles. The van der Waals surface area contributed by atoms with Crippen molar-refractivity contribution in [3.05, 3.63) is 35.6 Å². The molecule has 0 unspecified atom stereocenters. The van der Waals surface area contributed by atoms with Gasteiger partial charge < -0.3 is 11.1 Å². The summed E-state index contributed by atoms with van der Waals surface area (Å²) in [6, 6.07) is 6.70. The van der Waals surface area contributed by atoms with E-state index in [0.29, 0.717) is 5.41 Å². The van der Waals surface area contributed by atoms with Gasteiger partial charge in [-0.1, -0.05) is 12.1 Å². The standard InChI is InChI=1S/C12H17FN2/c13-11-3-1-2-10(6-11)7-15-9-12(8-14)4-5-12/h1-3,6,15H,4-5,7-9,14H2. The lowest BCUT2D eigenvalue weighted by Gasteiger charge is -2.13. The first-order chi connectivity index (χ1) is 7.24. The van der Waals surface area contributed by atoms with Gasteiger partial charge in [-0.05, 0) is 42.5 Å². The Morgan fingerprint density at radius 2 is 2.20 bits per heavy atom. The molecule has 0 atom stereocenters. The molecule has 0 bridgehead atoms. The van der Waals surface area contributed by atoms with Crippen LogP contribution < -0.4 is 11.1 Å². The first kappa shape index (κ1) is 10.6. The van der Waals surface area contributed by atoms with Crippen molar-refractivity contribution in [2.24, 2.45) is 11.1 Å². The van der Waals surface area contributed by atoms with E-state index in [2.05, 4.69) is 5.32 Å². The van der Waals surface area contributed by atoms with Gasteiger partial charge in [-0.15, -0.1) is 0 Å². The highest BCUT2D eigenvalue weighted by Crippen LogP contribution is 2.43. The number of benzene rings is 1. The molecule has 0 spiro atoms. The highest BCUT2D eigenvalue weighted by Gasteiger charge is 2.40. The maximum absolute atomic E-state index is 12.9. The van der Waals surface area contributed by atoms with E-state index in [1.54, 1.807) is 12.1 Å². The second kappa shape index (κ2) is 4.29. The fourth-order valence-electron chi connectivity index (χ4n) is 1.75. The Labute approximate surface area is 89.7 Å². The lowest BCUT2D eigenvalue weighted by molar-refractivity contribution is 0.467. The summed E-state index contributed by atoms with van der Waals surface area (Å²) in [5.41, 5.74) is 7.00. The third-order valence-corrected chi connectivity index (χ3v) is 3.11. The van der Waals surface area contributed by atoms with Gasteiger partial charge in [0.2, 0.25) is 0 Å². The summed E-state index contributed by atoms with van der Waals surface area (Å²) in [7, 11) is 0. The lowest BCUT2D eigenvalue weighted by atomic mass is 10.1. The molecule has 1 aliphatic rings. The summed E-state index contributed by atoms with van der Waals surface area (Å²) >= 11 is 0. The molecule has 15 heavy (non-hydrogen) atoms. The predicted octanol–water partition coefficient (Wildman–Crippen LogP) is 1.65. The van der Waals surface area contributed by atoms with E-state index in [4.69, 9.17) is 5.73 Å². The minimum absolute atomic E-state index is 0.172. The van der Waals surface area contributed by atoms with Gasteiger partial charge in [-0.25, -0.2) is 4.39 Å². The van der Waals surface area contributed by atoms with Crippen LogP contribution in [0.1, 0.15) is 18.4 Å². The molecule has 0 radical (unpaired) electrons. The van der Waals surface area contributed by atoms with Crippen molar-refractivity contribution < 1.29 is 4.39 Å². The zero-order valence-electron chi connectivity index (χ0n) is 8.80. The summed E-state index contributed by atoms with van der Waals surface area (Å²) in [5.74, 6) is -0.172. The average Bonchev–Trinajstić information content (AvgIpc) is 2.99. The Hall–Kier alpha value is -0.930. The molecule has 0 aliphatic heterocycles. The van der Waals surface area contributed by atoms with Gasteiger partial charge in [0.25, 0.3) is 0 Å². The van der Waals surface area contributed by atoms with E-state index in [-0.39, 0.29) is 5.82 Å². The first-order valence-corrected chi connectivity index (χ1v) is 5.39. The molecule has 0 amide bonds. The summed E-state index contributed by atoms with van der Waals surface area (Å²) in [5, 5.41) is 3.34. The van der Waals surface area contributed by atoms with Crippen LogP contribution in [0.4, 0.5) is 4.39 Å². The van der Waals surface area contributed by atoms with Gasteiger partial charge in [0.15, 0.2) is 0 Å². The van der Waals surface area contributed by atoms with E-state index < -0.39 is 0 Å². The predicted molar refractivity (Wildman–Crippen MR) is 58.8 cm³/mol. The second-order valence-electron chi connectivity index (χ2n) is 4.44. The zero-order chi connectivity index (χ0) is 10.7. The fourth-order valence-corrected chi connectivity index (χ4v) is 1.75. The number of hydrogen-bond acceptors (Lipinski definition) is 2. The van der Waals surface area contributed by atoms with Gasteiger partial charge in [0.05, 0.1) is 0 Å². The van der Waals surface area contributed by atoms with E-state index in [9.17, 15) is 4.39 Å². The third-order valence-electron chi connectivity index (χ3n) is 3.11. The van der Waals surface area contributed by atoms with Crippen LogP contribution in [-0.2, 0) is 6.54 Å². The molecule has 1 aromatic rings. The molecular weight excluding hydrogens is 191 g/mol. The van der Waals surface area contributed by atoms with Gasteiger partial charge in [-0.2, -0.15) is 0 Å². The zero-order valence-corrected chi connectivity index (χ0v) is 8.80. The molecule has 0 heterocycles. The van der Waals surface area contributed by atoms with E-state index in [1.807, 2.05) is 6.07 Å². The number of nitrogens with two attached hydrogens (primary N) is 1. The van der Waals surface area contributed by atoms with Crippen LogP contribution in [0.15, 0.2) is 24.3 Å². The molecule has 2 rings (SSSR count). The lowest BCUT2D eigenvalue weighted by Crippen LogP contribution is -2.29. The summed E-state index contributed by atoms with van der Waals surface area (Å²) in [6.07, 6.45) is 2.44. The third kappa shape index (κ3) is 2.76. The summed E-state index contributed by atoms with van der Waals surface area (Å²) in [6.45, 7) is 2.42. The summed E-state index contributed by atoms with van der Waals surface area (Å²) in [4.78, 5) is 0. The molecule has 1 aliphatic carbocycles. The van der Waals surface area contributed by atoms with Gasteiger partial charge in [-0.3, -0.25) is 0 Å². The summed E-state index contributed by atoms with van der Waals surface area (Å²) < 4.78 is 12.9. The molecule has 3 heteroatoms. The van der Waals surface area contributed by atoms with E-state index >= 15 is 0 Å². The minimum atomic E-state index is -0.172. The number of hydrogen-bond donors (Lipinski definition) is 2. The Morgan fingerprint density at radius 1 is 1.40 bits per heavy atom. The molecule has 1 aromatic carbocycles. The molecular formula is C12H17FN2. The van der Waals surface area contributed by atoms with Crippen molar-refractivity contribution >= 4 is 0 Å².